The molecule has 5 rings (SSSR count). The minimum Gasteiger partial charge on any atom is -0.392 e. The van der Waals surface area contributed by atoms with Crippen LogP contribution in [0, 0.1) is 11.8 Å². The maximum Gasteiger partial charge on any atom is 0.257 e. The van der Waals surface area contributed by atoms with Gasteiger partial charge in [0, 0.05) is 68.5 Å². The number of fused-ring (bicyclic) bond motifs is 1. The van der Waals surface area contributed by atoms with Crippen LogP contribution < -0.4 is 10.7 Å². The van der Waals surface area contributed by atoms with Gasteiger partial charge in [-0.05, 0) is 41.8 Å². The molecule has 2 aliphatic heterocycles. The van der Waals surface area contributed by atoms with Crippen LogP contribution in [-0.2, 0) is 24.9 Å². The number of β-amino-alcohol motifs (C(OH)–C–C–N with tert-alkyl or cyclic N) is 1. The van der Waals surface area contributed by atoms with Crippen LogP contribution in [-0.4, -0.2) is 77.4 Å². The Hall–Kier alpha value is -3.19. The monoisotopic (exact) mass is 548 g/mol. The van der Waals surface area contributed by atoms with E-state index in [9.17, 15) is 14.7 Å². The average molecular weight is 549 g/mol. The van der Waals surface area contributed by atoms with Crippen molar-refractivity contribution in [2.45, 2.75) is 25.6 Å². The molecule has 2 fully saturated rings. The molecule has 3 heterocycles. The third-order valence-electron chi connectivity index (χ3n) is 7.23. The molecule has 2 saturated heterocycles. The molecule has 0 spiro atoms. The van der Waals surface area contributed by atoms with Gasteiger partial charge in [-0.3, -0.25) is 19.4 Å². The van der Waals surface area contributed by atoms with Crippen molar-refractivity contribution in [1.82, 2.24) is 19.7 Å². The Morgan fingerprint density at radius 1 is 1.13 bits per heavy atom. The van der Waals surface area contributed by atoms with Gasteiger partial charge in [-0.2, -0.15) is 0 Å². The molecule has 1 amide bonds. The molecule has 9 heteroatoms. The van der Waals surface area contributed by atoms with E-state index in [2.05, 4.69) is 27.0 Å². The molecule has 0 aliphatic carbocycles. The zero-order valence-corrected chi connectivity index (χ0v) is 22.8. The summed E-state index contributed by atoms with van der Waals surface area (Å²) in [7, 11) is 1.83. The summed E-state index contributed by atoms with van der Waals surface area (Å²) in [6.45, 7) is 5.95. The number of benzene rings is 2. The lowest BCUT2D eigenvalue weighted by Crippen LogP contribution is -2.35. The first-order chi connectivity index (χ1) is 18.9. The molecule has 0 radical (unpaired) electrons. The summed E-state index contributed by atoms with van der Waals surface area (Å²) in [5.41, 5.74) is 3.10. The Kier molecular flexibility index (Phi) is 8.66. The average Bonchev–Trinajstić information content (AvgIpc) is 3.35. The molecule has 0 saturated carbocycles. The van der Waals surface area contributed by atoms with Crippen LogP contribution in [0.2, 0.25) is 5.02 Å². The van der Waals surface area contributed by atoms with Crippen LogP contribution in [0.15, 0.2) is 47.4 Å². The number of nitrogens with one attached hydrogen (secondary N) is 1. The van der Waals surface area contributed by atoms with Crippen LogP contribution in [0.25, 0.3) is 10.9 Å². The number of aryl methyl sites for hydroxylation is 1. The number of carbonyl (C=O) groups excluding carboxylic acids is 1. The number of nitrogens with zero attached hydrogens (tertiary/aromatic N) is 3. The standard InChI is InChI=1S/C30H33ClN4O4/c1-33-20-27(30(38)32-17-21-4-6-24(31)7-5-21)29(37)26-16-22(18-35-11-13-39-14-12-35)15-23(28(26)33)3-2-9-34-10-8-25(36)19-34/h4-7,15-16,20,25,36H,8-14,17-19H2,1H3,(H,32,38)/t25-/m0/s1. The van der Waals surface area contributed by atoms with Crippen molar-refractivity contribution < 1.29 is 14.6 Å². The van der Waals surface area contributed by atoms with Crippen molar-refractivity contribution in [3.05, 3.63) is 80.1 Å². The molecule has 3 aromatic rings. The first kappa shape index (κ1) is 27.4. The molecule has 39 heavy (non-hydrogen) atoms. The molecule has 1 atom stereocenters. The predicted molar refractivity (Wildman–Crippen MR) is 152 cm³/mol. The first-order valence-corrected chi connectivity index (χ1v) is 13.6. The fraction of sp³-hybridized carbons (Fsp3) is 0.400. The molecule has 204 valence electrons. The quantitative estimate of drug-likeness (QED) is 0.460. The van der Waals surface area contributed by atoms with Crippen LogP contribution in [0.5, 0.6) is 0 Å². The van der Waals surface area contributed by atoms with Crippen molar-refractivity contribution in [1.29, 1.82) is 0 Å². The number of carbonyl (C=O) groups is 1. The minimum absolute atomic E-state index is 0.0902. The second-order valence-electron chi connectivity index (χ2n) is 10.2. The van der Waals surface area contributed by atoms with Gasteiger partial charge in [-0.25, -0.2) is 0 Å². The van der Waals surface area contributed by atoms with Crippen molar-refractivity contribution in [2.24, 2.45) is 7.05 Å². The fourth-order valence-corrected chi connectivity index (χ4v) is 5.28. The van der Waals surface area contributed by atoms with Crippen molar-refractivity contribution >= 4 is 28.4 Å². The Balaban J connectivity index is 1.47. The number of pyridine rings is 1. The van der Waals surface area contributed by atoms with Crippen LogP contribution in [0.4, 0.5) is 0 Å². The molecule has 0 bridgehead atoms. The lowest BCUT2D eigenvalue weighted by atomic mass is 10.0. The third kappa shape index (κ3) is 6.70. The number of ether oxygens (including phenoxy) is 1. The molecule has 0 unspecified atom stereocenters. The van der Waals surface area contributed by atoms with E-state index in [0.717, 1.165) is 42.7 Å². The van der Waals surface area contributed by atoms with Gasteiger partial charge < -0.3 is 19.7 Å². The summed E-state index contributed by atoms with van der Waals surface area (Å²) in [5.74, 6) is 6.10. The van der Waals surface area contributed by atoms with Crippen LogP contribution in [0.1, 0.15) is 33.5 Å². The van der Waals surface area contributed by atoms with E-state index in [1.807, 2.05) is 35.9 Å². The van der Waals surface area contributed by atoms with Crippen LogP contribution >= 0.6 is 11.6 Å². The Bertz CT molecular complexity index is 1470. The van der Waals surface area contributed by atoms with Gasteiger partial charge in [-0.15, -0.1) is 0 Å². The second-order valence-corrected chi connectivity index (χ2v) is 10.6. The third-order valence-corrected chi connectivity index (χ3v) is 7.48. The maximum absolute atomic E-state index is 13.7. The lowest BCUT2D eigenvalue weighted by Gasteiger charge is -2.26. The smallest absolute Gasteiger partial charge is 0.257 e. The van der Waals surface area contributed by atoms with E-state index in [4.69, 9.17) is 16.3 Å². The Morgan fingerprint density at radius 2 is 1.90 bits per heavy atom. The van der Waals surface area contributed by atoms with Crippen LogP contribution in [0.3, 0.4) is 0 Å². The van der Waals surface area contributed by atoms with Gasteiger partial charge in [0.15, 0.2) is 0 Å². The first-order valence-electron chi connectivity index (χ1n) is 13.3. The van der Waals surface area contributed by atoms with Gasteiger partial charge in [0.2, 0.25) is 5.43 Å². The van der Waals surface area contributed by atoms with Gasteiger partial charge in [0.05, 0.1) is 31.4 Å². The van der Waals surface area contributed by atoms with E-state index >= 15 is 0 Å². The van der Waals surface area contributed by atoms with Gasteiger partial charge in [-0.1, -0.05) is 35.6 Å². The summed E-state index contributed by atoms with van der Waals surface area (Å²) >= 11 is 5.96. The predicted octanol–water partition coefficient (Wildman–Crippen LogP) is 2.37. The van der Waals surface area contributed by atoms with Crippen molar-refractivity contribution in [2.75, 3.05) is 45.9 Å². The van der Waals surface area contributed by atoms with E-state index in [0.29, 0.717) is 48.8 Å². The largest absolute Gasteiger partial charge is 0.392 e. The number of amides is 1. The summed E-state index contributed by atoms with van der Waals surface area (Å²) in [5, 5.41) is 13.8. The lowest BCUT2D eigenvalue weighted by molar-refractivity contribution is 0.0342. The minimum atomic E-state index is -0.425. The van der Waals surface area contributed by atoms with Crippen molar-refractivity contribution in [3.63, 3.8) is 0 Å². The number of aromatic nitrogens is 1. The molecule has 2 aliphatic rings. The highest BCUT2D eigenvalue weighted by Gasteiger charge is 2.20. The zero-order chi connectivity index (χ0) is 27.4. The zero-order valence-electron chi connectivity index (χ0n) is 22.1. The van der Waals surface area contributed by atoms with E-state index < -0.39 is 5.91 Å². The highest BCUT2D eigenvalue weighted by molar-refractivity contribution is 6.30. The molecule has 2 aromatic carbocycles. The van der Waals surface area contributed by atoms with Gasteiger partial charge in [0.25, 0.3) is 5.91 Å². The molecule has 1 aromatic heterocycles. The number of rotatable bonds is 6. The summed E-state index contributed by atoms with van der Waals surface area (Å²) in [6.07, 6.45) is 2.05. The fourth-order valence-electron chi connectivity index (χ4n) is 5.16. The number of hydrogen-bond acceptors (Lipinski definition) is 6. The maximum atomic E-state index is 13.7. The SMILES string of the molecule is Cn1cc(C(=O)NCc2ccc(Cl)cc2)c(=O)c2cc(CN3CCOCC3)cc(C#CCN3CC[C@H](O)C3)c21. The summed E-state index contributed by atoms with van der Waals surface area (Å²) < 4.78 is 7.30. The molecule has 2 N–H and O–H groups in total. The topological polar surface area (TPSA) is 87.0 Å². The Labute approximate surface area is 233 Å². The molecular weight excluding hydrogens is 516 g/mol. The van der Waals surface area contributed by atoms with Gasteiger partial charge >= 0.3 is 0 Å². The molecular formula is C30H33ClN4O4. The molecule has 8 nitrogen and oxygen atoms in total. The number of hydrogen-bond donors (Lipinski definition) is 2. The van der Waals surface area contributed by atoms with E-state index in [-0.39, 0.29) is 23.6 Å². The highest BCUT2D eigenvalue weighted by Crippen LogP contribution is 2.21. The Morgan fingerprint density at radius 3 is 2.62 bits per heavy atom. The van der Waals surface area contributed by atoms with Crippen molar-refractivity contribution in [3.8, 4) is 11.8 Å². The number of halogens is 1. The number of likely N-dealkylation sites (tertiary alicyclic amines) is 1. The number of aliphatic hydroxyl groups is 1. The second kappa shape index (κ2) is 12.3. The summed E-state index contributed by atoms with van der Waals surface area (Å²) in [6, 6.07) is 11.2. The number of morpholine rings is 1. The van der Waals surface area contributed by atoms with Gasteiger partial charge in [0.1, 0.15) is 5.56 Å². The number of aliphatic hydroxyl groups excluding tert-OH is 1. The van der Waals surface area contributed by atoms with E-state index in [1.165, 1.54) is 0 Å². The normalized spacial score (nSPS) is 18.2. The highest BCUT2D eigenvalue weighted by atomic mass is 35.5. The summed E-state index contributed by atoms with van der Waals surface area (Å²) in [4.78, 5) is 31.2. The van der Waals surface area contributed by atoms with E-state index in [1.54, 1.807) is 18.3 Å².